The summed E-state index contributed by atoms with van der Waals surface area (Å²) in [6.07, 6.45) is 0. The van der Waals surface area contributed by atoms with E-state index in [0.717, 1.165) is 5.56 Å². The third kappa shape index (κ3) is 6.72. The van der Waals surface area contributed by atoms with Gasteiger partial charge in [0.1, 0.15) is 0 Å². The number of aliphatic hydroxyl groups is 1. The van der Waals surface area contributed by atoms with Crippen LogP contribution in [0.1, 0.15) is 38.8 Å². The van der Waals surface area contributed by atoms with Gasteiger partial charge in [-0.15, -0.1) is 41.5 Å². The van der Waals surface area contributed by atoms with Crippen LogP contribution in [0.25, 0.3) is 5.57 Å². The molecule has 1 unspecified atom stereocenters. The molecule has 0 spiro atoms. The molecule has 1 atom stereocenters. The van der Waals surface area contributed by atoms with Crippen molar-refractivity contribution < 1.29 is 22.1 Å². The Balaban J connectivity index is 0.000000258. The summed E-state index contributed by atoms with van der Waals surface area (Å²) in [7, 11) is 9.78. The zero-order valence-electron chi connectivity index (χ0n) is 15.7. The molecule has 2 aromatic carbocycles. The molecule has 0 radical (unpaired) electrons. The van der Waals surface area contributed by atoms with Gasteiger partial charge in [-0.05, 0) is 32.3 Å². The van der Waals surface area contributed by atoms with Gasteiger partial charge in [0.2, 0.25) is 0 Å². The van der Waals surface area contributed by atoms with Crippen molar-refractivity contribution in [2.75, 3.05) is 0 Å². The summed E-state index contributed by atoms with van der Waals surface area (Å²) >= 11 is -0.556. The molecule has 0 saturated heterocycles. The van der Waals surface area contributed by atoms with Crippen molar-refractivity contribution >= 4 is 24.2 Å². The summed E-state index contributed by atoms with van der Waals surface area (Å²) in [5.74, 6) is 0.545. The topological polar surface area (TPSA) is 20.2 Å². The van der Waals surface area contributed by atoms with Crippen molar-refractivity contribution in [1.29, 1.82) is 0 Å². The molecule has 1 nitrogen and oxygen atoms in total. The monoisotopic (exact) mass is 423 g/mol. The molecule has 138 valence electrons. The Morgan fingerprint density at radius 1 is 0.962 bits per heavy atom. The molecule has 2 aromatic rings. The zero-order valence-corrected chi connectivity index (χ0v) is 18.8. The van der Waals surface area contributed by atoms with E-state index in [-0.39, 0.29) is 6.61 Å². The van der Waals surface area contributed by atoms with Crippen LogP contribution in [0, 0.1) is 12.0 Å². The predicted molar refractivity (Wildman–Crippen MR) is 109 cm³/mol. The summed E-state index contributed by atoms with van der Waals surface area (Å²) in [6.45, 7) is 9.10. The molecule has 1 aliphatic carbocycles. The van der Waals surface area contributed by atoms with Crippen molar-refractivity contribution in [2.45, 2.75) is 34.3 Å². The van der Waals surface area contributed by atoms with Crippen molar-refractivity contribution in [3.8, 4) is 0 Å². The average molecular weight is 424 g/mol. The Hall–Kier alpha value is -0.826. The molecule has 3 rings (SSSR count). The second-order valence-corrected chi connectivity index (χ2v) is 8.64. The van der Waals surface area contributed by atoms with Gasteiger partial charge in [-0.1, -0.05) is 54.0 Å². The number of rotatable bonds is 2. The van der Waals surface area contributed by atoms with Crippen LogP contribution >= 0.6 is 18.6 Å². The molecule has 1 aliphatic rings. The second kappa shape index (κ2) is 12.5. The third-order valence-electron chi connectivity index (χ3n) is 4.67. The molecular formula is C22H25Cl2OTi-. The Bertz CT molecular complexity index is 724. The summed E-state index contributed by atoms with van der Waals surface area (Å²) in [5, 5.41) is 8.54. The molecule has 0 fully saturated rings. The van der Waals surface area contributed by atoms with E-state index < -0.39 is 17.0 Å². The number of hydrogen-bond donors (Lipinski definition) is 1. The first-order valence-electron chi connectivity index (χ1n) is 8.44. The normalized spacial score (nSPS) is 15.7. The van der Waals surface area contributed by atoms with Crippen molar-refractivity contribution in [2.24, 2.45) is 5.92 Å². The van der Waals surface area contributed by atoms with Crippen molar-refractivity contribution in [1.82, 2.24) is 0 Å². The Morgan fingerprint density at radius 2 is 1.54 bits per heavy atom. The van der Waals surface area contributed by atoms with Crippen LogP contribution in [0.5, 0.6) is 0 Å². The van der Waals surface area contributed by atoms with Gasteiger partial charge in [0.15, 0.2) is 0 Å². The standard InChI is InChI=1S/C15H17.C7H8O.2ClH.Ti/c1-10-11(2)13(4)15(12(10)3)14-8-6-5-7-9-14;8-6-7-4-2-1-3-5-7;;;/h5-8,12H,1-4H3;1-5,8H,6H2;2*1H;/q-1;;;;+2/p-2. The van der Waals surface area contributed by atoms with Gasteiger partial charge in [-0.2, -0.15) is 0 Å². The predicted octanol–water partition coefficient (Wildman–Crippen LogP) is 6.80. The second-order valence-electron chi connectivity index (χ2n) is 6.06. The molecule has 0 bridgehead atoms. The quantitative estimate of drug-likeness (QED) is 0.415. The number of halogens is 2. The number of allylic oxidation sites excluding steroid dienone is 4. The zero-order chi connectivity index (χ0) is 19.5. The number of aliphatic hydroxyl groups excluding tert-OH is 1. The molecule has 0 aliphatic heterocycles. The number of hydrogen-bond acceptors (Lipinski definition) is 1. The fraction of sp³-hybridized carbons (Fsp3) is 0.273. The van der Waals surface area contributed by atoms with E-state index in [1.165, 1.54) is 27.9 Å². The molecule has 1 N–H and O–H groups in total. The molecule has 0 amide bonds. The van der Waals surface area contributed by atoms with E-state index >= 15 is 0 Å². The maximum atomic E-state index is 8.54. The van der Waals surface area contributed by atoms with Crippen LogP contribution in [0.4, 0.5) is 0 Å². The minimum absolute atomic E-state index is 0.140. The molecule has 0 saturated carbocycles. The first-order chi connectivity index (χ1) is 12.5. The van der Waals surface area contributed by atoms with Crippen LogP contribution < -0.4 is 0 Å². The SMILES string of the molecule is CC1=C(C)C(C)C(c2[c-]cccc2)=C1C.OCc1ccccc1.[Cl][Ti][Cl]. The van der Waals surface area contributed by atoms with Crippen molar-refractivity contribution in [3.05, 3.63) is 88.5 Å². The van der Waals surface area contributed by atoms with Crippen LogP contribution in [0.3, 0.4) is 0 Å². The van der Waals surface area contributed by atoms with Crippen LogP contribution in [0.2, 0.25) is 0 Å². The van der Waals surface area contributed by atoms with Gasteiger partial charge in [0, 0.05) is 0 Å². The van der Waals surface area contributed by atoms with Gasteiger partial charge < -0.3 is 5.11 Å². The third-order valence-corrected chi connectivity index (χ3v) is 4.67. The van der Waals surface area contributed by atoms with E-state index in [0.29, 0.717) is 5.92 Å². The van der Waals surface area contributed by atoms with E-state index in [1.54, 1.807) is 0 Å². The summed E-state index contributed by atoms with van der Waals surface area (Å²) < 4.78 is 0. The first kappa shape index (κ1) is 23.2. The van der Waals surface area contributed by atoms with Crippen LogP contribution in [-0.2, 0) is 23.6 Å². The average Bonchev–Trinajstić information content (AvgIpc) is 2.87. The molecule has 26 heavy (non-hydrogen) atoms. The maximum absolute atomic E-state index is 8.54. The van der Waals surface area contributed by atoms with E-state index in [9.17, 15) is 0 Å². The minimum atomic E-state index is -0.556. The molecule has 0 heterocycles. The summed E-state index contributed by atoms with van der Waals surface area (Å²) in [5.41, 5.74) is 8.05. The molecule has 0 aromatic heterocycles. The Morgan fingerprint density at radius 3 is 1.92 bits per heavy atom. The Labute approximate surface area is 174 Å². The van der Waals surface area contributed by atoms with Gasteiger partial charge in [-0.25, -0.2) is 0 Å². The van der Waals surface area contributed by atoms with Gasteiger partial charge in [0.05, 0.1) is 6.61 Å². The van der Waals surface area contributed by atoms with Crippen molar-refractivity contribution in [3.63, 3.8) is 0 Å². The molecule has 4 heteroatoms. The van der Waals surface area contributed by atoms with Gasteiger partial charge in [0.25, 0.3) is 0 Å². The molecular weight excluding hydrogens is 399 g/mol. The summed E-state index contributed by atoms with van der Waals surface area (Å²) in [6, 6.07) is 21.1. The Kier molecular flexibility index (Phi) is 11.2. The first-order valence-corrected chi connectivity index (χ1v) is 12.7. The number of benzene rings is 2. The van der Waals surface area contributed by atoms with E-state index in [2.05, 4.69) is 45.9 Å². The summed E-state index contributed by atoms with van der Waals surface area (Å²) in [4.78, 5) is 0. The van der Waals surface area contributed by atoms with E-state index in [1.807, 2.05) is 42.5 Å². The van der Waals surface area contributed by atoms with Gasteiger partial charge in [-0.3, -0.25) is 0 Å². The van der Waals surface area contributed by atoms with E-state index in [4.69, 9.17) is 23.7 Å². The van der Waals surface area contributed by atoms with Gasteiger partial charge >= 0.3 is 35.6 Å². The van der Waals surface area contributed by atoms with Crippen LogP contribution in [0.15, 0.2) is 71.3 Å². The fourth-order valence-electron chi connectivity index (χ4n) is 2.94. The van der Waals surface area contributed by atoms with Crippen LogP contribution in [-0.4, -0.2) is 5.11 Å². The fourth-order valence-corrected chi connectivity index (χ4v) is 2.94.